The van der Waals surface area contributed by atoms with Gasteiger partial charge >= 0.3 is 0 Å². The van der Waals surface area contributed by atoms with E-state index in [1.165, 1.54) is 0 Å². The summed E-state index contributed by atoms with van der Waals surface area (Å²) in [6.45, 7) is 3.18. The number of rotatable bonds is 4. The molecule has 0 aliphatic rings. The highest BCUT2D eigenvalue weighted by atomic mass is 35.5. The van der Waals surface area contributed by atoms with E-state index >= 15 is 0 Å². The zero-order valence-electron chi connectivity index (χ0n) is 11.3. The normalized spacial score (nSPS) is 10.3. The summed E-state index contributed by atoms with van der Waals surface area (Å²) >= 11 is 5.84. The summed E-state index contributed by atoms with van der Waals surface area (Å²) in [5.74, 6) is 0.000918. The number of nitrogens with two attached hydrogens (primary N) is 1. The topological polar surface area (TPSA) is 46.3 Å². The molecule has 0 aliphatic carbocycles. The van der Waals surface area contributed by atoms with Crippen LogP contribution >= 0.6 is 11.6 Å². The van der Waals surface area contributed by atoms with Crippen molar-refractivity contribution in [1.82, 2.24) is 4.90 Å². The van der Waals surface area contributed by atoms with Gasteiger partial charge < -0.3 is 10.6 Å². The molecule has 2 aromatic rings. The van der Waals surface area contributed by atoms with Crippen LogP contribution in [-0.2, 0) is 6.54 Å². The van der Waals surface area contributed by atoms with E-state index in [-0.39, 0.29) is 5.91 Å². The van der Waals surface area contributed by atoms with Crippen molar-refractivity contribution in [3.8, 4) is 0 Å². The Morgan fingerprint density at radius 2 is 1.70 bits per heavy atom. The van der Waals surface area contributed by atoms with Crippen LogP contribution in [0.1, 0.15) is 22.8 Å². The summed E-state index contributed by atoms with van der Waals surface area (Å²) in [6, 6.07) is 14.5. The zero-order valence-corrected chi connectivity index (χ0v) is 12.1. The minimum absolute atomic E-state index is 0.000918. The third-order valence-corrected chi connectivity index (χ3v) is 3.37. The first kappa shape index (κ1) is 14.4. The molecule has 0 spiro atoms. The molecule has 0 saturated carbocycles. The van der Waals surface area contributed by atoms with Gasteiger partial charge in [-0.05, 0) is 48.9 Å². The number of carbonyl (C=O) groups is 1. The van der Waals surface area contributed by atoms with Crippen LogP contribution in [0.4, 0.5) is 5.69 Å². The standard InChI is InChI=1S/C16H17ClN2O/c1-2-19(11-12-3-9-15(18)10-4-12)16(20)13-5-7-14(17)8-6-13/h3-10H,2,11,18H2,1H3. The monoisotopic (exact) mass is 288 g/mol. The van der Waals surface area contributed by atoms with E-state index in [0.29, 0.717) is 23.7 Å². The van der Waals surface area contributed by atoms with E-state index in [1.54, 1.807) is 29.2 Å². The number of halogens is 1. The maximum atomic E-state index is 12.4. The van der Waals surface area contributed by atoms with Gasteiger partial charge in [0.05, 0.1) is 0 Å². The molecule has 3 nitrogen and oxygen atoms in total. The lowest BCUT2D eigenvalue weighted by Crippen LogP contribution is -2.30. The van der Waals surface area contributed by atoms with Crippen molar-refractivity contribution in [2.24, 2.45) is 0 Å². The first-order valence-electron chi connectivity index (χ1n) is 6.49. The van der Waals surface area contributed by atoms with Crippen molar-refractivity contribution in [3.05, 3.63) is 64.7 Å². The van der Waals surface area contributed by atoms with Crippen molar-refractivity contribution in [3.63, 3.8) is 0 Å². The third-order valence-electron chi connectivity index (χ3n) is 3.11. The van der Waals surface area contributed by atoms with Gasteiger partial charge in [0.25, 0.3) is 5.91 Å². The molecule has 0 bridgehead atoms. The molecule has 20 heavy (non-hydrogen) atoms. The van der Waals surface area contributed by atoms with E-state index in [0.717, 1.165) is 11.3 Å². The number of hydrogen-bond donors (Lipinski definition) is 1. The maximum absolute atomic E-state index is 12.4. The summed E-state index contributed by atoms with van der Waals surface area (Å²) < 4.78 is 0. The largest absolute Gasteiger partial charge is 0.399 e. The van der Waals surface area contributed by atoms with Gasteiger partial charge in [-0.15, -0.1) is 0 Å². The van der Waals surface area contributed by atoms with Gasteiger partial charge in [0.15, 0.2) is 0 Å². The molecule has 0 aliphatic heterocycles. The number of hydrogen-bond acceptors (Lipinski definition) is 2. The lowest BCUT2D eigenvalue weighted by atomic mass is 10.1. The molecule has 1 amide bonds. The van der Waals surface area contributed by atoms with Crippen LogP contribution in [0, 0.1) is 0 Å². The predicted octanol–water partition coefficient (Wildman–Crippen LogP) is 3.58. The molecule has 2 aromatic carbocycles. The quantitative estimate of drug-likeness (QED) is 0.874. The Labute approximate surface area is 124 Å². The third kappa shape index (κ3) is 3.52. The molecule has 104 valence electrons. The molecule has 0 heterocycles. The molecule has 0 atom stereocenters. The fraction of sp³-hybridized carbons (Fsp3) is 0.188. The Bertz CT molecular complexity index is 578. The summed E-state index contributed by atoms with van der Waals surface area (Å²) in [6.07, 6.45) is 0. The second kappa shape index (κ2) is 6.44. The van der Waals surface area contributed by atoms with E-state index in [9.17, 15) is 4.79 Å². The molecule has 2 rings (SSSR count). The summed E-state index contributed by atoms with van der Waals surface area (Å²) in [5.41, 5.74) is 8.09. The van der Waals surface area contributed by atoms with Crippen LogP contribution in [0.25, 0.3) is 0 Å². The van der Waals surface area contributed by atoms with E-state index in [2.05, 4.69) is 0 Å². The number of nitrogen functional groups attached to an aromatic ring is 1. The Morgan fingerprint density at radius 1 is 1.10 bits per heavy atom. The molecule has 0 aromatic heterocycles. The van der Waals surface area contributed by atoms with Crippen molar-refractivity contribution in [2.45, 2.75) is 13.5 Å². The molecule has 0 unspecified atom stereocenters. The van der Waals surface area contributed by atoms with Crippen molar-refractivity contribution in [2.75, 3.05) is 12.3 Å². The van der Waals surface area contributed by atoms with E-state index in [1.807, 2.05) is 31.2 Å². The highest BCUT2D eigenvalue weighted by Crippen LogP contribution is 2.14. The molecule has 0 saturated heterocycles. The Balaban J connectivity index is 2.13. The van der Waals surface area contributed by atoms with Crippen LogP contribution in [0.3, 0.4) is 0 Å². The van der Waals surface area contributed by atoms with Gasteiger partial charge in [-0.2, -0.15) is 0 Å². The molecular formula is C16H17ClN2O. The Morgan fingerprint density at radius 3 is 2.25 bits per heavy atom. The van der Waals surface area contributed by atoms with Crippen LogP contribution in [-0.4, -0.2) is 17.4 Å². The lowest BCUT2D eigenvalue weighted by Gasteiger charge is -2.21. The van der Waals surface area contributed by atoms with E-state index in [4.69, 9.17) is 17.3 Å². The van der Waals surface area contributed by atoms with Gasteiger partial charge in [-0.25, -0.2) is 0 Å². The second-order valence-electron chi connectivity index (χ2n) is 4.57. The Kier molecular flexibility index (Phi) is 4.64. The van der Waals surface area contributed by atoms with Crippen molar-refractivity contribution >= 4 is 23.2 Å². The predicted molar refractivity (Wildman–Crippen MR) is 82.7 cm³/mol. The molecule has 0 fully saturated rings. The fourth-order valence-electron chi connectivity index (χ4n) is 1.95. The maximum Gasteiger partial charge on any atom is 0.254 e. The first-order chi connectivity index (χ1) is 9.60. The highest BCUT2D eigenvalue weighted by molar-refractivity contribution is 6.30. The van der Waals surface area contributed by atoms with Gasteiger partial charge in [-0.1, -0.05) is 23.7 Å². The molecule has 2 N–H and O–H groups in total. The minimum atomic E-state index is 0.000918. The minimum Gasteiger partial charge on any atom is -0.399 e. The van der Waals surface area contributed by atoms with Gasteiger partial charge in [0, 0.05) is 29.4 Å². The summed E-state index contributed by atoms with van der Waals surface area (Å²) in [7, 11) is 0. The highest BCUT2D eigenvalue weighted by Gasteiger charge is 2.14. The smallest absolute Gasteiger partial charge is 0.254 e. The Hall–Kier alpha value is -2.00. The number of amides is 1. The molecule has 0 radical (unpaired) electrons. The number of anilines is 1. The van der Waals surface area contributed by atoms with Gasteiger partial charge in [-0.3, -0.25) is 4.79 Å². The SMILES string of the molecule is CCN(Cc1ccc(N)cc1)C(=O)c1ccc(Cl)cc1. The van der Waals surface area contributed by atoms with Crippen molar-refractivity contribution in [1.29, 1.82) is 0 Å². The average Bonchev–Trinajstić information content (AvgIpc) is 2.47. The van der Waals surface area contributed by atoms with Gasteiger partial charge in [0.1, 0.15) is 0 Å². The fourth-order valence-corrected chi connectivity index (χ4v) is 2.07. The number of benzene rings is 2. The van der Waals surface area contributed by atoms with Crippen LogP contribution in [0.2, 0.25) is 5.02 Å². The summed E-state index contributed by atoms with van der Waals surface area (Å²) in [5, 5.41) is 0.628. The number of carbonyl (C=O) groups excluding carboxylic acids is 1. The van der Waals surface area contributed by atoms with E-state index < -0.39 is 0 Å². The molecular weight excluding hydrogens is 272 g/mol. The number of nitrogens with zero attached hydrogens (tertiary/aromatic N) is 1. The molecule has 4 heteroatoms. The van der Waals surface area contributed by atoms with Crippen LogP contribution in [0.15, 0.2) is 48.5 Å². The second-order valence-corrected chi connectivity index (χ2v) is 5.00. The first-order valence-corrected chi connectivity index (χ1v) is 6.87. The van der Waals surface area contributed by atoms with Crippen molar-refractivity contribution < 1.29 is 4.79 Å². The van der Waals surface area contributed by atoms with Crippen LogP contribution in [0.5, 0.6) is 0 Å². The zero-order chi connectivity index (χ0) is 14.5. The average molecular weight is 289 g/mol. The lowest BCUT2D eigenvalue weighted by molar-refractivity contribution is 0.0752. The van der Waals surface area contributed by atoms with Gasteiger partial charge in [0.2, 0.25) is 0 Å². The summed E-state index contributed by atoms with van der Waals surface area (Å²) in [4.78, 5) is 14.2. The van der Waals surface area contributed by atoms with Crippen LogP contribution < -0.4 is 5.73 Å².